The number of guanidine groups is 1. The first-order valence-corrected chi connectivity index (χ1v) is 10.8. The molecule has 0 atom stereocenters. The number of hydrogen-bond acceptors (Lipinski definition) is 8. The summed E-state index contributed by atoms with van der Waals surface area (Å²) in [7, 11) is -4.38. The van der Waals surface area contributed by atoms with E-state index >= 15 is 0 Å². The molecule has 1 rings (SSSR count). The van der Waals surface area contributed by atoms with E-state index in [4.69, 9.17) is 26.2 Å². The van der Waals surface area contributed by atoms with E-state index in [-0.39, 0.29) is 5.96 Å². The van der Waals surface area contributed by atoms with Crippen LogP contribution in [0, 0.1) is 16.2 Å². The van der Waals surface area contributed by atoms with Gasteiger partial charge in [0, 0.05) is 5.69 Å². The Morgan fingerprint density at radius 1 is 1.15 bits per heavy atom. The van der Waals surface area contributed by atoms with Gasteiger partial charge in [0.05, 0.1) is 5.41 Å². The van der Waals surface area contributed by atoms with Crippen molar-refractivity contribution in [2.24, 2.45) is 16.9 Å². The third-order valence-corrected chi connectivity index (χ3v) is 4.97. The Bertz CT molecular complexity index is 991. The minimum Gasteiger partial charge on any atom is -0.481 e. The predicted octanol–water partition coefficient (Wildman–Crippen LogP) is 0.158. The van der Waals surface area contributed by atoms with Gasteiger partial charge in [0.25, 0.3) is 5.91 Å². The number of hydrogen-bond donors (Lipinski definition) is 8. The van der Waals surface area contributed by atoms with E-state index in [0.717, 1.165) is 5.56 Å². The number of benzene rings is 1. The number of hydroxylamine groups is 1. The van der Waals surface area contributed by atoms with Gasteiger partial charge in [-0.1, -0.05) is 26.0 Å². The van der Waals surface area contributed by atoms with Gasteiger partial charge in [-0.25, -0.2) is 4.79 Å². The van der Waals surface area contributed by atoms with Crippen LogP contribution in [0.1, 0.15) is 38.7 Å². The third-order valence-electron chi connectivity index (χ3n) is 4.41. The van der Waals surface area contributed by atoms with Gasteiger partial charge >= 0.3 is 22.1 Å². The minimum absolute atomic E-state index is 0.192. The first-order valence-electron chi connectivity index (χ1n) is 9.40. The van der Waals surface area contributed by atoms with Crippen molar-refractivity contribution in [3.8, 4) is 0 Å². The molecule has 0 spiro atoms. The molecule has 33 heavy (non-hydrogen) atoms. The van der Waals surface area contributed by atoms with Crippen molar-refractivity contribution >= 4 is 44.8 Å². The maximum Gasteiger partial charge on any atom is 0.343 e. The van der Waals surface area contributed by atoms with Crippen LogP contribution in [-0.2, 0) is 35.8 Å². The number of carbonyl (C=O) groups is 3. The number of amidine groups is 1. The van der Waals surface area contributed by atoms with Crippen molar-refractivity contribution in [2.45, 2.75) is 39.5 Å². The van der Waals surface area contributed by atoms with E-state index in [2.05, 4.69) is 21.4 Å². The number of anilines is 1. The van der Waals surface area contributed by atoms with Crippen molar-refractivity contribution in [3.63, 3.8) is 0 Å². The number of carboxylic acid groups (broad SMARTS) is 1. The van der Waals surface area contributed by atoms with Crippen LogP contribution in [0.3, 0.4) is 0 Å². The lowest BCUT2D eigenvalue weighted by atomic mass is 9.76. The van der Waals surface area contributed by atoms with Gasteiger partial charge in [0.1, 0.15) is 6.42 Å². The highest BCUT2D eigenvalue weighted by atomic mass is 32.2. The van der Waals surface area contributed by atoms with Crippen LogP contribution in [-0.4, -0.2) is 47.1 Å². The van der Waals surface area contributed by atoms with Gasteiger partial charge in [0.2, 0.25) is 5.17 Å². The molecule has 0 radical (unpaired) electrons. The van der Waals surface area contributed by atoms with E-state index in [1.165, 1.54) is 0 Å². The number of nitrogens with two attached hydrogens (primary N) is 2. The summed E-state index contributed by atoms with van der Waals surface area (Å²) in [5.41, 5.74) is 12.3. The van der Waals surface area contributed by atoms with Crippen molar-refractivity contribution in [1.82, 2.24) is 5.48 Å². The zero-order valence-corrected chi connectivity index (χ0v) is 18.9. The van der Waals surface area contributed by atoms with Crippen LogP contribution in [0.15, 0.2) is 24.3 Å². The Labute approximate surface area is 190 Å². The minimum atomic E-state index is -4.38. The molecule has 10 N–H and O–H groups in total. The molecule has 184 valence electrons. The average Bonchev–Trinajstić information content (AvgIpc) is 2.69. The van der Waals surface area contributed by atoms with Crippen LogP contribution < -0.4 is 22.3 Å². The monoisotopic (exact) mass is 488 g/mol. The largest absolute Gasteiger partial charge is 0.481 e. The average molecular weight is 489 g/mol. The predicted molar refractivity (Wildman–Crippen MR) is 119 cm³/mol. The molecule has 0 saturated heterocycles. The Morgan fingerprint density at radius 3 is 2.12 bits per heavy atom. The highest BCUT2D eigenvalue weighted by Gasteiger charge is 2.36. The second kappa shape index (κ2) is 13.0. The Morgan fingerprint density at radius 2 is 1.70 bits per heavy atom. The van der Waals surface area contributed by atoms with E-state index in [9.17, 15) is 22.8 Å². The Kier molecular flexibility index (Phi) is 11.5. The maximum atomic E-state index is 12.6. The van der Waals surface area contributed by atoms with Crippen molar-refractivity contribution < 1.29 is 37.3 Å². The Balaban J connectivity index is 0.00000126. The molecule has 1 aromatic rings. The molecule has 0 fully saturated rings. The molecule has 14 nitrogen and oxygen atoms in total. The second-order valence-electron chi connectivity index (χ2n) is 6.72. The molecule has 0 heterocycles. The lowest BCUT2D eigenvalue weighted by Gasteiger charge is -2.30. The summed E-state index contributed by atoms with van der Waals surface area (Å²) >= 11 is 0. The Hall–Kier alpha value is -3.72. The summed E-state index contributed by atoms with van der Waals surface area (Å²) in [6, 6.07) is 7.15. The fourth-order valence-electron chi connectivity index (χ4n) is 2.58. The lowest BCUT2D eigenvalue weighted by molar-refractivity contribution is -0.165. The summed E-state index contributed by atoms with van der Waals surface area (Å²) in [4.78, 5) is 38.9. The third kappa shape index (κ3) is 10.9. The fourth-order valence-corrected chi connectivity index (χ4v) is 2.58. The van der Waals surface area contributed by atoms with Gasteiger partial charge in [-0.15, -0.1) is 0 Å². The van der Waals surface area contributed by atoms with E-state index in [1.807, 2.05) is 19.9 Å². The standard InChI is InChI=1S/C17H24N4O5.CH4N2O3S/c1-3-17(4-2,15(25)21-26-14(24)9-13(22)23)10-11-6-5-7-12(8-11)20-16(18)19;2-1(3)7(4,5)6/h5-8H,3-4,9-10H2,1-2H3,(H,21,25)(H,22,23)(H4,18,19,20);(H3,2,3)(H,4,5,6). The normalized spacial score (nSPS) is 10.8. The van der Waals surface area contributed by atoms with Crippen molar-refractivity contribution in [2.75, 3.05) is 5.32 Å². The highest BCUT2D eigenvalue weighted by Crippen LogP contribution is 2.32. The number of carboxylic acids is 1. The molecule has 0 aromatic heterocycles. The molecular formula is C18H28N6O8S. The quantitative estimate of drug-likeness (QED) is 0.0802. The summed E-state index contributed by atoms with van der Waals surface area (Å²) in [5, 5.41) is 23.4. The summed E-state index contributed by atoms with van der Waals surface area (Å²) in [6.45, 7) is 3.69. The summed E-state index contributed by atoms with van der Waals surface area (Å²) in [6.07, 6.45) is 0.506. The van der Waals surface area contributed by atoms with Crippen molar-refractivity contribution in [3.05, 3.63) is 29.8 Å². The second-order valence-corrected chi connectivity index (χ2v) is 8.11. The molecule has 0 aliphatic carbocycles. The zero-order chi connectivity index (χ0) is 25.8. The van der Waals surface area contributed by atoms with E-state index in [0.29, 0.717) is 24.9 Å². The van der Waals surface area contributed by atoms with E-state index in [1.54, 1.807) is 18.2 Å². The highest BCUT2D eigenvalue weighted by molar-refractivity contribution is 8.01. The lowest BCUT2D eigenvalue weighted by Crippen LogP contribution is -2.43. The number of nitrogens with one attached hydrogen (secondary N) is 4. The number of amides is 1. The van der Waals surface area contributed by atoms with Gasteiger partial charge in [0.15, 0.2) is 5.96 Å². The smallest absolute Gasteiger partial charge is 0.343 e. The molecule has 0 saturated carbocycles. The molecule has 0 aliphatic rings. The molecule has 1 aromatic carbocycles. The van der Waals surface area contributed by atoms with Crippen LogP contribution in [0.25, 0.3) is 0 Å². The molecule has 0 aliphatic heterocycles. The van der Waals surface area contributed by atoms with Crippen LogP contribution in [0.4, 0.5) is 5.69 Å². The molecule has 15 heteroatoms. The van der Waals surface area contributed by atoms with Crippen LogP contribution in [0.2, 0.25) is 0 Å². The van der Waals surface area contributed by atoms with Gasteiger partial charge in [-0.05, 0) is 37.0 Å². The summed E-state index contributed by atoms with van der Waals surface area (Å²) < 4.78 is 26.8. The van der Waals surface area contributed by atoms with Crippen LogP contribution in [0.5, 0.6) is 0 Å². The first kappa shape index (κ1) is 29.3. The summed E-state index contributed by atoms with van der Waals surface area (Å²) in [5.74, 6) is -3.07. The molecule has 0 bridgehead atoms. The van der Waals surface area contributed by atoms with E-state index < -0.39 is 45.0 Å². The molecule has 0 unspecified atom stereocenters. The van der Waals surface area contributed by atoms with Gasteiger partial charge < -0.3 is 26.7 Å². The number of carbonyl (C=O) groups excluding carboxylic acids is 2. The number of rotatable bonds is 8. The first-order chi connectivity index (χ1) is 15.2. The zero-order valence-electron chi connectivity index (χ0n) is 18.0. The van der Waals surface area contributed by atoms with Gasteiger partial charge in [-0.2, -0.15) is 13.9 Å². The van der Waals surface area contributed by atoms with Gasteiger partial charge in [-0.3, -0.25) is 25.0 Å². The topological polar surface area (TPSA) is 259 Å². The SMILES string of the molecule is CCC(CC)(Cc1cccc(NC(=N)N)c1)C(=O)NOC(=O)CC(=O)O.N=C(N)S(=O)(=O)O. The maximum absolute atomic E-state index is 12.6. The molecular weight excluding hydrogens is 460 g/mol. The number of aliphatic carboxylic acids is 1. The van der Waals surface area contributed by atoms with Crippen LogP contribution >= 0.6 is 0 Å². The molecule has 1 amide bonds. The fraction of sp³-hybridized carbons (Fsp3) is 0.389. The van der Waals surface area contributed by atoms with Crippen molar-refractivity contribution in [1.29, 1.82) is 10.8 Å².